The van der Waals surface area contributed by atoms with Crippen molar-refractivity contribution in [2.45, 2.75) is 6.43 Å². The van der Waals surface area contributed by atoms with E-state index in [-0.39, 0.29) is 13.1 Å². The summed E-state index contributed by atoms with van der Waals surface area (Å²) in [5, 5.41) is 0. The van der Waals surface area contributed by atoms with E-state index in [1.165, 1.54) is 4.90 Å². The summed E-state index contributed by atoms with van der Waals surface area (Å²) >= 11 is 0. The lowest BCUT2D eigenvalue weighted by Gasteiger charge is -2.32. The summed E-state index contributed by atoms with van der Waals surface area (Å²) in [7, 11) is 0. The van der Waals surface area contributed by atoms with Crippen molar-refractivity contribution in [3.63, 3.8) is 0 Å². The van der Waals surface area contributed by atoms with E-state index >= 15 is 0 Å². The average molecular weight is 192 g/mol. The van der Waals surface area contributed by atoms with E-state index in [1.807, 2.05) is 0 Å². The molecule has 74 valence electrons. The SMILES string of the molecule is O=CN1CCN(C(=O)C(F)F)CC1. The van der Waals surface area contributed by atoms with Crippen molar-refractivity contribution in [2.24, 2.45) is 0 Å². The van der Waals surface area contributed by atoms with Gasteiger partial charge in [0.2, 0.25) is 6.41 Å². The number of halogens is 2. The Bertz CT molecular complexity index is 203. The Morgan fingerprint density at radius 3 is 2.15 bits per heavy atom. The molecule has 0 aliphatic carbocycles. The molecule has 0 N–H and O–H groups in total. The van der Waals surface area contributed by atoms with Gasteiger partial charge in [0.15, 0.2) is 0 Å². The molecular formula is C7H10F2N2O2. The molecule has 0 aromatic heterocycles. The topological polar surface area (TPSA) is 40.6 Å². The van der Waals surface area contributed by atoms with Gasteiger partial charge >= 0.3 is 6.43 Å². The maximum atomic E-state index is 11.9. The fraction of sp³-hybridized carbons (Fsp3) is 0.714. The van der Waals surface area contributed by atoms with Crippen LogP contribution >= 0.6 is 0 Å². The van der Waals surface area contributed by atoms with Gasteiger partial charge in [-0.2, -0.15) is 8.78 Å². The van der Waals surface area contributed by atoms with Gasteiger partial charge in [0, 0.05) is 26.2 Å². The summed E-state index contributed by atoms with van der Waals surface area (Å²) in [6.07, 6.45) is -2.28. The lowest BCUT2D eigenvalue weighted by atomic mass is 10.3. The van der Waals surface area contributed by atoms with Crippen molar-refractivity contribution in [1.29, 1.82) is 0 Å². The Labute approximate surface area is 74.1 Å². The highest BCUT2D eigenvalue weighted by Gasteiger charge is 2.26. The normalized spacial score (nSPS) is 17.8. The van der Waals surface area contributed by atoms with Gasteiger partial charge in [0.05, 0.1) is 0 Å². The van der Waals surface area contributed by atoms with Crippen LogP contribution in [0.25, 0.3) is 0 Å². The van der Waals surface area contributed by atoms with Crippen molar-refractivity contribution < 1.29 is 18.4 Å². The quantitative estimate of drug-likeness (QED) is 0.556. The second-order valence-electron chi connectivity index (χ2n) is 2.77. The Hall–Kier alpha value is -1.20. The molecule has 0 aromatic carbocycles. The summed E-state index contributed by atoms with van der Waals surface area (Å²) in [5.74, 6) is -1.15. The Morgan fingerprint density at radius 2 is 1.77 bits per heavy atom. The number of hydrogen-bond acceptors (Lipinski definition) is 2. The summed E-state index contributed by atoms with van der Waals surface area (Å²) in [5.41, 5.74) is 0. The van der Waals surface area contributed by atoms with Crippen LogP contribution in [0.4, 0.5) is 8.78 Å². The lowest BCUT2D eigenvalue weighted by Crippen LogP contribution is -2.49. The highest BCUT2D eigenvalue weighted by atomic mass is 19.3. The van der Waals surface area contributed by atoms with Crippen LogP contribution in [-0.4, -0.2) is 54.7 Å². The van der Waals surface area contributed by atoms with Crippen molar-refractivity contribution in [2.75, 3.05) is 26.2 Å². The van der Waals surface area contributed by atoms with Crippen LogP contribution in [0.2, 0.25) is 0 Å². The van der Waals surface area contributed by atoms with Crippen molar-refractivity contribution in [3.8, 4) is 0 Å². The zero-order valence-corrected chi connectivity index (χ0v) is 6.95. The zero-order chi connectivity index (χ0) is 9.84. The van der Waals surface area contributed by atoms with E-state index in [2.05, 4.69) is 0 Å². The first-order chi connectivity index (χ1) is 6.15. The average Bonchev–Trinajstić information content (AvgIpc) is 2.17. The molecule has 0 spiro atoms. The first-order valence-corrected chi connectivity index (χ1v) is 3.91. The van der Waals surface area contributed by atoms with E-state index in [1.54, 1.807) is 0 Å². The van der Waals surface area contributed by atoms with Crippen LogP contribution in [-0.2, 0) is 9.59 Å². The second-order valence-corrected chi connectivity index (χ2v) is 2.77. The van der Waals surface area contributed by atoms with Gasteiger partial charge in [-0.05, 0) is 0 Å². The van der Waals surface area contributed by atoms with Gasteiger partial charge in [-0.15, -0.1) is 0 Å². The van der Waals surface area contributed by atoms with Crippen LogP contribution in [0.5, 0.6) is 0 Å². The lowest BCUT2D eigenvalue weighted by molar-refractivity contribution is -0.145. The summed E-state index contributed by atoms with van der Waals surface area (Å²) < 4.78 is 23.8. The number of rotatable bonds is 2. The first-order valence-electron chi connectivity index (χ1n) is 3.91. The number of carbonyl (C=O) groups excluding carboxylic acids is 2. The number of carbonyl (C=O) groups is 2. The van der Waals surface area contributed by atoms with Gasteiger partial charge in [-0.25, -0.2) is 0 Å². The molecule has 4 nitrogen and oxygen atoms in total. The molecule has 13 heavy (non-hydrogen) atoms. The number of piperazine rings is 1. The molecule has 0 radical (unpaired) electrons. The summed E-state index contributed by atoms with van der Waals surface area (Å²) in [6, 6.07) is 0. The van der Waals surface area contributed by atoms with Gasteiger partial charge in [-0.1, -0.05) is 0 Å². The highest BCUT2D eigenvalue weighted by molar-refractivity contribution is 5.79. The summed E-state index contributed by atoms with van der Waals surface area (Å²) in [6.45, 7) is 1.06. The van der Waals surface area contributed by atoms with Crippen molar-refractivity contribution in [3.05, 3.63) is 0 Å². The molecular weight excluding hydrogens is 182 g/mol. The molecule has 1 fully saturated rings. The summed E-state index contributed by atoms with van der Waals surface area (Å²) in [4.78, 5) is 23.5. The van der Waals surface area contributed by atoms with Crippen LogP contribution in [0.15, 0.2) is 0 Å². The van der Waals surface area contributed by atoms with Crippen molar-refractivity contribution >= 4 is 12.3 Å². The number of alkyl halides is 2. The molecule has 0 atom stereocenters. The fourth-order valence-corrected chi connectivity index (χ4v) is 1.19. The van der Waals surface area contributed by atoms with E-state index in [9.17, 15) is 18.4 Å². The van der Waals surface area contributed by atoms with Crippen molar-refractivity contribution in [1.82, 2.24) is 9.80 Å². The molecule has 1 heterocycles. The maximum absolute atomic E-state index is 11.9. The van der Waals surface area contributed by atoms with E-state index in [0.717, 1.165) is 4.90 Å². The predicted octanol–water partition coefficient (Wildman–Crippen LogP) is -0.448. The predicted molar refractivity (Wildman–Crippen MR) is 40.2 cm³/mol. The maximum Gasteiger partial charge on any atom is 0.315 e. The molecule has 6 heteroatoms. The third-order valence-electron chi connectivity index (χ3n) is 1.96. The van der Waals surface area contributed by atoms with Gasteiger partial charge in [0.25, 0.3) is 5.91 Å². The molecule has 0 aromatic rings. The van der Waals surface area contributed by atoms with Crippen LogP contribution in [0, 0.1) is 0 Å². The molecule has 0 saturated carbocycles. The van der Waals surface area contributed by atoms with Gasteiger partial charge in [0.1, 0.15) is 0 Å². The van der Waals surface area contributed by atoms with E-state index in [0.29, 0.717) is 19.5 Å². The Morgan fingerprint density at radius 1 is 1.23 bits per heavy atom. The molecule has 2 amide bonds. The van der Waals surface area contributed by atoms with Gasteiger partial charge in [-0.3, -0.25) is 9.59 Å². The highest BCUT2D eigenvalue weighted by Crippen LogP contribution is 2.04. The number of amides is 2. The smallest absolute Gasteiger partial charge is 0.315 e. The Kier molecular flexibility index (Phi) is 3.16. The van der Waals surface area contributed by atoms with Crippen LogP contribution in [0.3, 0.4) is 0 Å². The minimum Gasteiger partial charge on any atom is -0.342 e. The number of nitrogens with zero attached hydrogens (tertiary/aromatic N) is 2. The van der Waals surface area contributed by atoms with Crippen LogP contribution < -0.4 is 0 Å². The molecule has 0 bridgehead atoms. The third-order valence-corrected chi connectivity index (χ3v) is 1.96. The molecule has 1 rings (SSSR count). The minimum atomic E-state index is -2.94. The molecule has 1 saturated heterocycles. The van der Waals surface area contributed by atoms with E-state index in [4.69, 9.17) is 0 Å². The molecule has 0 unspecified atom stereocenters. The number of hydrogen-bond donors (Lipinski definition) is 0. The standard InChI is InChI=1S/C7H10F2N2O2/c8-6(9)7(13)11-3-1-10(5-12)2-4-11/h5-6H,1-4H2. The monoisotopic (exact) mass is 192 g/mol. The first kappa shape index (κ1) is 9.88. The van der Waals surface area contributed by atoms with E-state index < -0.39 is 12.3 Å². The largest absolute Gasteiger partial charge is 0.342 e. The molecule has 1 aliphatic heterocycles. The minimum absolute atomic E-state index is 0.196. The fourth-order valence-electron chi connectivity index (χ4n) is 1.19. The van der Waals surface area contributed by atoms with Crippen LogP contribution in [0.1, 0.15) is 0 Å². The zero-order valence-electron chi connectivity index (χ0n) is 6.95. The third kappa shape index (κ3) is 2.37. The molecule has 1 aliphatic rings. The second kappa shape index (κ2) is 4.15. The van der Waals surface area contributed by atoms with Gasteiger partial charge < -0.3 is 9.80 Å². The Balaban J connectivity index is 2.40.